The molecular weight excluding hydrogens is 182 g/mol. The molecular formula is C14H15N. The number of nitrogens with one attached hydrogen (secondary N) is 1. The molecule has 0 atom stereocenters. The molecule has 1 N–H and O–H groups in total. The number of fused-ring (bicyclic) bond motifs is 1. The van der Waals surface area contributed by atoms with Crippen molar-refractivity contribution in [3.05, 3.63) is 54.6 Å². The summed E-state index contributed by atoms with van der Waals surface area (Å²) < 4.78 is 0. The summed E-state index contributed by atoms with van der Waals surface area (Å²) in [5.74, 6) is 0. The van der Waals surface area contributed by atoms with Gasteiger partial charge in [-0.05, 0) is 23.9 Å². The molecule has 1 nitrogen and oxygen atoms in total. The first-order valence-electron chi connectivity index (χ1n) is 5.16. The van der Waals surface area contributed by atoms with E-state index in [9.17, 15) is 0 Å². The quantitative estimate of drug-likeness (QED) is 0.739. The predicted molar refractivity (Wildman–Crippen MR) is 67.4 cm³/mol. The van der Waals surface area contributed by atoms with E-state index in [0.717, 1.165) is 6.54 Å². The fourth-order valence-electron chi connectivity index (χ4n) is 1.79. The van der Waals surface area contributed by atoms with Gasteiger partial charge in [-0.15, -0.1) is 6.58 Å². The van der Waals surface area contributed by atoms with Gasteiger partial charge in [-0.3, -0.25) is 0 Å². The van der Waals surface area contributed by atoms with E-state index in [1.807, 2.05) is 6.08 Å². The van der Waals surface area contributed by atoms with Crippen LogP contribution in [0.15, 0.2) is 49.1 Å². The molecule has 0 aliphatic heterocycles. The van der Waals surface area contributed by atoms with Gasteiger partial charge in [0.1, 0.15) is 0 Å². The van der Waals surface area contributed by atoms with Gasteiger partial charge in [0, 0.05) is 17.6 Å². The van der Waals surface area contributed by atoms with Gasteiger partial charge in [0.25, 0.3) is 0 Å². The highest BCUT2D eigenvalue weighted by atomic mass is 14.9. The van der Waals surface area contributed by atoms with E-state index in [0.29, 0.717) is 0 Å². The molecule has 0 amide bonds. The molecule has 0 aromatic heterocycles. The second-order valence-corrected chi connectivity index (χ2v) is 3.65. The Morgan fingerprint density at radius 3 is 2.60 bits per heavy atom. The number of anilines is 1. The molecule has 0 spiro atoms. The maximum atomic E-state index is 3.71. The first kappa shape index (κ1) is 9.78. The molecule has 2 rings (SSSR count). The number of hydrogen-bond donors (Lipinski definition) is 1. The molecule has 0 unspecified atom stereocenters. The van der Waals surface area contributed by atoms with Gasteiger partial charge in [-0.1, -0.05) is 36.4 Å². The Hall–Kier alpha value is -1.76. The number of aryl methyl sites for hydroxylation is 1. The van der Waals surface area contributed by atoms with Crippen LogP contribution < -0.4 is 5.32 Å². The number of hydrogen-bond acceptors (Lipinski definition) is 1. The first-order valence-corrected chi connectivity index (χ1v) is 5.16. The molecule has 0 fully saturated rings. The maximum Gasteiger partial charge on any atom is 0.0422 e. The van der Waals surface area contributed by atoms with Crippen LogP contribution in [0.1, 0.15) is 5.56 Å². The monoisotopic (exact) mass is 197 g/mol. The van der Waals surface area contributed by atoms with Crippen molar-refractivity contribution in [2.75, 3.05) is 11.9 Å². The molecule has 0 aliphatic carbocycles. The van der Waals surface area contributed by atoms with Crippen LogP contribution in [0.3, 0.4) is 0 Å². The summed E-state index contributed by atoms with van der Waals surface area (Å²) in [6.07, 6.45) is 1.87. The van der Waals surface area contributed by atoms with Gasteiger partial charge in [0.05, 0.1) is 0 Å². The van der Waals surface area contributed by atoms with E-state index in [1.165, 1.54) is 22.0 Å². The minimum Gasteiger partial charge on any atom is -0.381 e. The Bertz CT molecular complexity index is 486. The third kappa shape index (κ3) is 1.86. The van der Waals surface area contributed by atoms with Gasteiger partial charge >= 0.3 is 0 Å². The smallest absolute Gasteiger partial charge is 0.0422 e. The molecule has 2 aromatic carbocycles. The molecule has 76 valence electrons. The Balaban J connectivity index is 2.56. The molecule has 0 radical (unpaired) electrons. The van der Waals surface area contributed by atoms with Crippen molar-refractivity contribution in [3.63, 3.8) is 0 Å². The van der Waals surface area contributed by atoms with Gasteiger partial charge < -0.3 is 5.32 Å². The number of benzene rings is 2. The summed E-state index contributed by atoms with van der Waals surface area (Å²) in [5.41, 5.74) is 2.49. The average molecular weight is 197 g/mol. The molecule has 0 bridgehead atoms. The normalized spacial score (nSPS) is 10.2. The van der Waals surface area contributed by atoms with Crippen LogP contribution in [0, 0.1) is 6.92 Å². The van der Waals surface area contributed by atoms with Crippen molar-refractivity contribution in [3.8, 4) is 0 Å². The molecule has 1 heteroatoms. The predicted octanol–water partition coefficient (Wildman–Crippen LogP) is 3.75. The van der Waals surface area contributed by atoms with E-state index in [1.54, 1.807) is 0 Å². The van der Waals surface area contributed by atoms with E-state index >= 15 is 0 Å². The van der Waals surface area contributed by atoms with Gasteiger partial charge in [-0.2, -0.15) is 0 Å². The lowest BCUT2D eigenvalue weighted by molar-refractivity contribution is 1.35. The van der Waals surface area contributed by atoms with Gasteiger partial charge in [-0.25, -0.2) is 0 Å². The second-order valence-electron chi connectivity index (χ2n) is 3.65. The zero-order valence-electron chi connectivity index (χ0n) is 8.96. The van der Waals surface area contributed by atoms with E-state index in [-0.39, 0.29) is 0 Å². The van der Waals surface area contributed by atoms with Crippen LogP contribution >= 0.6 is 0 Å². The van der Waals surface area contributed by atoms with Crippen LogP contribution in [0.5, 0.6) is 0 Å². The Morgan fingerprint density at radius 2 is 1.87 bits per heavy atom. The largest absolute Gasteiger partial charge is 0.381 e. The fourth-order valence-corrected chi connectivity index (χ4v) is 1.79. The van der Waals surface area contributed by atoms with Crippen LogP contribution in [0.2, 0.25) is 0 Å². The van der Waals surface area contributed by atoms with Gasteiger partial charge in [0.2, 0.25) is 0 Å². The zero-order valence-corrected chi connectivity index (χ0v) is 8.96. The molecule has 2 aromatic rings. The van der Waals surface area contributed by atoms with Crippen molar-refractivity contribution < 1.29 is 0 Å². The van der Waals surface area contributed by atoms with Crippen LogP contribution in [-0.2, 0) is 0 Å². The summed E-state index contributed by atoms with van der Waals surface area (Å²) >= 11 is 0. The second kappa shape index (κ2) is 4.18. The third-order valence-corrected chi connectivity index (χ3v) is 2.58. The fraction of sp³-hybridized carbons (Fsp3) is 0.143. The highest BCUT2D eigenvalue weighted by Crippen LogP contribution is 2.25. The standard InChI is InChI=1S/C14H15N/c1-3-10-15-14-9-8-11(2)12-6-4-5-7-13(12)14/h3-9,15H,1,10H2,2H3. The third-order valence-electron chi connectivity index (χ3n) is 2.58. The van der Waals surface area contributed by atoms with Crippen molar-refractivity contribution in [1.82, 2.24) is 0 Å². The summed E-state index contributed by atoms with van der Waals surface area (Å²) in [5, 5.41) is 5.94. The minimum absolute atomic E-state index is 0.799. The van der Waals surface area contributed by atoms with Crippen LogP contribution in [-0.4, -0.2) is 6.54 Å². The highest BCUT2D eigenvalue weighted by molar-refractivity contribution is 5.95. The van der Waals surface area contributed by atoms with Crippen molar-refractivity contribution in [1.29, 1.82) is 0 Å². The van der Waals surface area contributed by atoms with Crippen LogP contribution in [0.25, 0.3) is 10.8 Å². The van der Waals surface area contributed by atoms with Crippen molar-refractivity contribution >= 4 is 16.5 Å². The topological polar surface area (TPSA) is 12.0 Å². The molecule has 0 aliphatic rings. The summed E-state index contributed by atoms with van der Waals surface area (Å²) in [6, 6.07) is 12.7. The molecule has 0 saturated heterocycles. The zero-order chi connectivity index (χ0) is 10.7. The Labute approximate surface area is 90.4 Å². The molecule has 15 heavy (non-hydrogen) atoms. The molecule has 0 heterocycles. The SMILES string of the molecule is C=CCNc1ccc(C)c2ccccc12. The lowest BCUT2D eigenvalue weighted by Crippen LogP contribution is -1.98. The lowest BCUT2D eigenvalue weighted by Gasteiger charge is -2.09. The van der Waals surface area contributed by atoms with Gasteiger partial charge in [0.15, 0.2) is 0 Å². The number of rotatable bonds is 3. The highest BCUT2D eigenvalue weighted by Gasteiger charge is 2.00. The van der Waals surface area contributed by atoms with Crippen molar-refractivity contribution in [2.45, 2.75) is 6.92 Å². The van der Waals surface area contributed by atoms with Crippen LogP contribution in [0.4, 0.5) is 5.69 Å². The summed E-state index contributed by atoms with van der Waals surface area (Å²) in [7, 11) is 0. The summed E-state index contributed by atoms with van der Waals surface area (Å²) in [6.45, 7) is 6.65. The summed E-state index contributed by atoms with van der Waals surface area (Å²) in [4.78, 5) is 0. The van der Waals surface area contributed by atoms with E-state index in [4.69, 9.17) is 0 Å². The molecule has 0 saturated carbocycles. The minimum atomic E-state index is 0.799. The maximum absolute atomic E-state index is 3.71. The van der Waals surface area contributed by atoms with Crippen molar-refractivity contribution in [2.24, 2.45) is 0 Å². The Kier molecular flexibility index (Phi) is 2.72. The van der Waals surface area contributed by atoms with E-state index < -0.39 is 0 Å². The average Bonchev–Trinajstić information content (AvgIpc) is 2.29. The lowest BCUT2D eigenvalue weighted by atomic mass is 10.0. The first-order chi connectivity index (χ1) is 7.33. The Morgan fingerprint density at radius 1 is 1.13 bits per heavy atom. The van der Waals surface area contributed by atoms with E-state index in [2.05, 4.69) is 55.2 Å².